The standard InChI is InChI=1S/C23H32O6/c1-26-22(18-29-23-13-7-8-14-28-23)12-6-5-11-20(24)15-21(25)17-27-16-19-9-3-2-4-10-19/h2-4,9-10,21-23,25H,6-8,12-18H2,1H3/t21-,22-,23?/m1/s1. The number of carbonyl (C=O) groups is 1. The number of ether oxygens (including phenoxy) is 4. The average Bonchev–Trinajstić information content (AvgIpc) is 2.74. The van der Waals surface area contributed by atoms with Crippen molar-refractivity contribution >= 4 is 5.78 Å². The highest BCUT2D eigenvalue weighted by Gasteiger charge is 2.16. The second kappa shape index (κ2) is 14.3. The van der Waals surface area contributed by atoms with Crippen LogP contribution in [0.15, 0.2) is 30.3 Å². The van der Waals surface area contributed by atoms with E-state index in [9.17, 15) is 9.90 Å². The first-order valence-corrected chi connectivity index (χ1v) is 10.2. The zero-order valence-electron chi connectivity index (χ0n) is 17.2. The number of benzene rings is 1. The van der Waals surface area contributed by atoms with E-state index < -0.39 is 6.10 Å². The predicted molar refractivity (Wildman–Crippen MR) is 109 cm³/mol. The van der Waals surface area contributed by atoms with Gasteiger partial charge in [0.2, 0.25) is 5.78 Å². The fourth-order valence-electron chi connectivity index (χ4n) is 2.93. The molecular weight excluding hydrogens is 372 g/mol. The molecule has 1 aromatic carbocycles. The predicted octanol–water partition coefficient (Wildman–Crippen LogP) is 2.87. The van der Waals surface area contributed by atoms with Gasteiger partial charge >= 0.3 is 0 Å². The van der Waals surface area contributed by atoms with Gasteiger partial charge in [-0.25, -0.2) is 0 Å². The van der Waals surface area contributed by atoms with Crippen LogP contribution in [0.2, 0.25) is 0 Å². The molecule has 1 aromatic rings. The average molecular weight is 405 g/mol. The van der Waals surface area contributed by atoms with Crippen molar-refractivity contribution in [2.75, 3.05) is 26.9 Å². The van der Waals surface area contributed by atoms with Crippen LogP contribution in [0.4, 0.5) is 0 Å². The summed E-state index contributed by atoms with van der Waals surface area (Å²) in [5, 5.41) is 9.91. The molecule has 0 bridgehead atoms. The van der Waals surface area contributed by atoms with E-state index in [1.165, 1.54) is 0 Å². The molecule has 0 spiro atoms. The maximum absolute atomic E-state index is 11.9. The van der Waals surface area contributed by atoms with Gasteiger partial charge in [0, 0.05) is 26.6 Å². The number of carbonyl (C=O) groups excluding carboxylic acids is 1. The van der Waals surface area contributed by atoms with Crippen LogP contribution in [0.3, 0.4) is 0 Å². The van der Waals surface area contributed by atoms with Crippen molar-refractivity contribution in [3.05, 3.63) is 35.9 Å². The van der Waals surface area contributed by atoms with E-state index in [1.807, 2.05) is 30.3 Å². The van der Waals surface area contributed by atoms with Gasteiger partial charge in [-0.15, -0.1) is 0 Å². The van der Waals surface area contributed by atoms with Crippen LogP contribution in [0.1, 0.15) is 44.1 Å². The topological polar surface area (TPSA) is 74.2 Å². The van der Waals surface area contributed by atoms with E-state index in [1.54, 1.807) is 7.11 Å². The Balaban J connectivity index is 1.56. The second-order valence-corrected chi connectivity index (χ2v) is 7.11. The second-order valence-electron chi connectivity index (χ2n) is 7.11. The zero-order valence-corrected chi connectivity index (χ0v) is 17.2. The molecule has 3 atom stereocenters. The highest BCUT2D eigenvalue weighted by molar-refractivity contribution is 5.95. The van der Waals surface area contributed by atoms with E-state index in [0.717, 1.165) is 31.4 Å². The molecule has 1 aliphatic rings. The number of rotatable bonds is 12. The number of hydrogen-bond acceptors (Lipinski definition) is 6. The highest BCUT2D eigenvalue weighted by atomic mass is 16.7. The molecule has 0 aromatic heterocycles. The first kappa shape index (κ1) is 23.5. The van der Waals surface area contributed by atoms with Crippen LogP contribution >= 0.6 is 0 Å². The van der Waals surface area contributed by atoms with Crippen LogP contribution in [0.25, 0.3) is 0 Å². The van der Waals surface area contributed by atoms with Crippen molar-refractivity contribution in [3.8, 4) is 11.8 Å². The van der Waals surface area contributed by atoms with Crippen LogP contribution in [0.5, 0.6) is 0 Å². The van der Waals surface area contributed by atoms with Gasteiger partial charge < -0.3 is 24.1 Å². The Morgan fingerprint density at radius 1 is 1.28 bits per heavy atom. The van der Waals surface area contributed by atoms with E-state index in [0.29, 0.717) is 26.1 Å². The minimum absolute atomic E-state index is 0.0301. The van der Waals surface area contributed by atoms with Crippen LogP contribution in [0, 0.1) is 11.8 Å². The van der Waals surface area contributed by atoms with Gasteiger partial charge in [-0.1, -0.05) is 36.3 Å². The lowest BCUT2D eigenvalue weighted by Crippen LogP contribution is -2.27. The van der Waals surface area contributed by atoms with Crippen molar-refractivity contribution in [1.29, 1.82) is 0 Å². The molecule has 0 aliphatic carbocycles. The van der Waals surface area contributed by atoms with Crippen LogP contribution in [-0.4, -0.2) is 56.3 Å². The Bertz CT molecular complexity index is 630. The number of methoxy groups -OCH3 is 1. The Hall–Kier alpha value is -1.75. The van der Waals surface area contributed by atoms with Crippen molar-refractivity contribution < 1.29 is 28.8 Å². The summed E-state index contributed by atoms with van der Waals surface area (Å²) >= 11 is 0. The molecule has 0 amide bonds. The van der Waals surface area contributed by atoms with Gasteiger partial charge in [0.05, 0.1) is 32.0 Å². The molecule has 1 fully saturated rings. The normalized spacial score (nSPS) is 18.5. The third-order valence-electron chi connectivity index (χ3n) is 4.60. The number of hydrogen-bond donors (Lipinski definition) is 1. The van der Waals surface area contributed by atoms with E-state index in [2.05, 4.69) is 11.8 Å². The Morgan fingerprint density at radius 2 is 2.10 bits per heavy atom. The third-order valence-corrected chi connectivity index (χ3v) is 4.60. The lowest BCUT2D eigenvalue weighted by atomic mass is 10.1. The smallest absolute Gasteiger partial charge is 0.208 e. The number of ketones is 1. The van der Waals surface area contributed by atoms with Gasteiger partial charge in [0.25, 0.3) is 0 Å². The van der Waals surface area contributed by atoms with E-state index in [4.69, 9.17) is 18.9 Å². The molecule has 0 saturated carbocycles. The fraction of sp³-hybridized carbons (Fsp3) is 0.609. The van der Waals surface area contributed by atoms with Crippen molar-refractivity contribution in [1.82, 2.24) is 0 Å². The minimum Gasteiger partial charge on any atom is -0.390 e. The Kier molecular flexibility index (Phi) is 11.6. The van der Waals surface area contributed by atoms with E-state index in [-0.39, 0.29) is 31.2 Å². The number of aliphatic hydroxyl groups is 1. The molecule has 1 heterocycles. The van der Waals surface area contributed by atoms with Gasteiger partial charge in [-0.2, -0.15) is 0 Å². The molecule has 6 nitrogen and oxygen atoms in total. The quantitative estimate of drug-likeness (QED) is 0.427. The van der Waals surface area contributed by atoms with Crippen molar-refractivity contribution in [3.63, 3.8) is 0 Å². The number of aliphatic hydroxyl groups excluding tert-OH is 1. The van der Waals surface area contributed by atoms with Gasteiger partial charge in [-0.05, 0) is 37.2 Å². The number of Topliss-reactive ketones (excluding diaryl/α,β-unsaturated/α-hetero) is 1. The molecule has 1 saturated heterocycles. The Morgan fingerprint density at radius 3 is 2.83 bits per heavy atom. The van der Waals surface area contributed by atoms with Crippen LogP contribution in [-0.2, 0) is 30.3 Å². The monoisotopic (exact) mass is 404 g/mol. The van der Waals surface area contributed by atoms with Crippen LogP contribution < -0.4 is 0 Å². The lowest BCUT2D eigenvalue weighted by Gasteiger charge is -2.24. The highest BCUT2D eigenvalue weighted by Crippen LogP contribution is 2.15. The lowest BCUT2D eigenvalue weighted by molar-refractivity contribution is -0.177. The van der Waals surface area contributed by atoms with Gasteiger partial charge in [0.15, 0.2) is 6.29 Å². The first-order valence-electron chi connectivity index (χ1n) is 10.2. The summed E-state index contributed by atoms with van der Waals surface area (Å²) in [7, 11) is 1.64. The molecule has 1 unspecified atom stereocenters. The first-order chi connectivity index (χ1) is 14.2. The molecule has 1 N–H and O–H groups in total. The molecule has 6 heteroatoms. The molecule has 160 valence electrons. The maximum Gasteiger partial charge on any atom is 0.208 e. The fourth-order valence-corrected chi connectivity index (χ4v) is 2.93. The van der Waals surface area contributed by atoms with Gasteiger partial charge in [0.1, 0.15) is 0 Å². The zero-order chi connectivity index (χ0) is 20.7. The summed E-state index contributed by atoms with van der Waals surface area (Å²) in [4.78, 5) is 11.9. The molecular formula is C23H32O6. The summed E-state index contributed by atoms with van der Waals surface area (Å²) in [6.07, 6.45) is 3.23. The summed E-state index contributed by atoms with van der Waals surface area (Å²) in [5.74, 6) is 5.15. The third kappa shape index (κ3) is 10.6. The largest absolute Gasteiger partial charge is 0.390 e. The minimum atomic E-state index is -0.851. The molecule has 1 aliphatic heterocycles. The summed E-state index contributed by atoms with van der Waals surface area (Å²) in [6, 6.07) is 9.69. The Labute approximate surface area is 173 Å². The summed E-state index contributed by atoms with van der Waals surface area (Å²) < 4.78 is 22.1. The molecule has 2 rings (SSSR count). The summed E-state index contributed by atoms with van der Waals surface area (Å²) in [5.41, 5.74) is 1.03. The molecule has 0 radical (unpaired) electrons. The van der Waals surface area contributed by atoms with Crippen molar-refractivity contribution in [2.45, 2.75) is 63.6 Å². The maximum atomic E-state index is 11.9. The van der Waals surface area contributed by atoms with Gasteiger partial charge in [-0.3, -0.25) is 4.79 Å². The van der Waals surface area contributed by atoms with E-state index >= 15 is 0 Å². The summed E-state index contributed by atoms with van der Waals surface area (Å²) in [6.45, 7) is 1.71. The van der Waals surface area contributed by atoms with Crippen molar-refractivity contribution in [2.24, 2.45) is 0 Å². The SMILES string of the molecule is CO[C@H](CCC#CC(=O)C[C@@H](O)COCc1ccccc1)COC1CCCCO1. The molecule has 29 heavy (non-hydrogen) atoms.